The first-order valence-corrected chi connectivity index (χ1v) is 6.08. The van der Waals surface area contributed by atoms with E-state index in [9.17, 15) is 9.90 Å². The molecule has 0 aliphatic carbocycles. The number of carboxylic acids is 1. The number of benzene rings is 1. The number of aromatic carboxylic acids is 1. The van der Waals surface area contributed by atoms with E-state index in [1.54, 1.807) is 22.8 Å². The van der Waals surface area contributed by atoms with Crippen LogP contribution in [-0.4, -0.2) is 15.6 Å². The van der Waals surface area contributed by atoms with Crippen LogP contribution < -0.4 is 0 Å². The highest BCUT2D eigenvalue weighted by Gasteiger charge is 2.15. The molecule has 2 aromatic rings. The molecule has 0 aliphatic rings. The maximum absolute atomic E-state index is 11.2. The second-order valence-corrected chi connectivity index (χ2v) is 4.86. The van der Waals surface area contributed by atoms with Gasteiger partial charge in [0.1, 0.15) is 5.69 Å². The minimum atomic E-state index is -0.913. The molecule has 3 nitrogen and oxygen atoms in total. The molecule has 0 amide bonds. The summed E-state index contributed by atoms with van der Waals surface area (Å²) in [5.74, 6) is -0.913. The third-order valence-corrected chi connectivity index (χ3v) is 3.05. The zero-order chi connectivity index (χ0) is 13.3. The highest BCUT2D eigenvalue weighted by molar-refractivity contribution is 6.30. The Morgan fingerprint density at radius 2 is 1.83 bits per heavy atom. The van der Waals surface area contributed by atoms with Crippen molar-refractivity contribution in [2.24, 2.45) is 0 Å². The number of hydrogen-bond acceptors (Lipinski definition) is 1. The Hall–Kier alpha value is -1.74. The van der Waals surface area contributed by atoms with Gasteiger partial charge in [-0.2, -0.15) is 0 Å². The van der Waals surface area contributed by atoms with Gasteiger partial charge in [0.05, 0.1) is 0 Å². The second kappa shape index (κ2) is 4.86. The van der Waals surface area contributed by atoms with Crippen LogP contribution in [0.4, 0.5) is 0 Å². The van der Waals surface area contributed by atoms with Crippen molar-refractivity contribution in [1.29, 1.82) is 0 Å². The van der Waals surface area contributed by atoms with Crippen molar-refractivity contribution < 1.29 is 9.90 Å². The third kappa shape index (κ3) is 2.41. The molecule has 0 saturated carbocycles. The fraction of sp³-hybridized carbons (Fsp3) is 0.214. The minimum absolute atomic E-state index is 0.108. The van der Waals surface area contributed by atoms with Crippen LogP contribution in [0, 0.1) is 0 Å². The molecule has 1 heterocycles. The van der Waals surface area contributed by atoms with E-state index in [0.29, 0.717) is 10.7 Å². The zero-order valence-electron chi connectivity index (χ0n) is 10.2. The van der Waals surface area contributed by atoms with E-state index >= 15 is 0 Å². The molecule has 18 heavy (non-hydrogen) atoms. The Kier molecular flexibility index (Phi) is 3.43. The summed E-state index contributed by atoms with van der Waals surface area (Å²) in [6.45, 7) is 3.91. The molecule has 0 radical (unpaired) electrons. The summed E-state index contributed by atoms with van der Waals surface area (Å²) in [5.41, 5.74) is 2.15. The molecule has 1 aromatic heterocycles. The SMILES string of the molecule is CC(C)n1cc(-c2ccc(Cl)cc2)cc1C(=O)O. The summed E-state index contributed by atoms with van der Waals surface area (Å²) in [6, 6.07) is 9.15. The highest BCUT2D eigenvalue weighted by Crippen LogP contribution is 2.26. The molecule has 0 spiro atoms. The molecular weight excluding hydrogens is 250 g/mol. The molecule has 0 aliphatic heterocycles. The normalized spacial score (nSPS) is 10.9. The number of carbonyl (C=O) groups is 1. The monoisotopic (exact) mass is 263 g/mol. The van der Waals surface area contributed by atoms with Crippen molar-refractivity contribution in [3.8, 4) is 11.1 Å². The molecule has 94 valence electrons. The van der Waals surface area contributed by atoms with Crippen LogP contribution in [-0.2, 0) is 0 Å². The maximum Gasteiger partial charge on any atom is 0.352 e. The average Bonchev–Trinajstić information content (AvgIpc) is 2.75. The topological polar surface area (TPSA) is 42.2 Å². The van der Waals surface area contributed by atoms with Crippen LogP contribution in [0.1, 0.15) is 30.4 Å². The van der Waals surface area contributed by atoms with Crippen molar-refractivity contribution in [3.05, 3.63) is 47.2 Å². The summed E-state index contributed by atoms with van der Waals surface area (Å²) < 4.78 is 1.76. The summed E-state index contributed by atoms with van der Waals surface area (Å²) in [4.78, 5) is 11.2. The summed E-state index contributed by atoms with van der Waals surface area (Å²) in [5, 5.41) is 9.84. The van der Waals surface area contributed by atoms with Crippen LogP contribution in [0.5, 0.6) is 0 Å². The second-order valence-electron chi connectivity index (χ2n) is 4.43. The number of nitrogens with zero attached hydrogens (tertiary/aromatic N) is 1. The first-order valence-electron chi connectivity index (χ1n) is 5.70. The quantitative estimate of drug-likeness (QED) is 0.906. The van der Waals surface area contributed by atoms with E-state index in [1.807, 2.05) is 32.2 Å². The molecule has 0 saturated heterocycles. The molecule has 0 bridgehead atoms. The number of rotatable bonds is 3. The van der Waals surface area contributed by atoms with Gasteiger partial charge in [0.15, 0.2) is 0 Å². The van der Waals surface area contributed by atoms with Crippen molar-refractivity contribution in [1.82, 2.24) is 4.57 Å². The van der Waals surface area contributed by atoms with Gasteiger partial charge < -0.3 is 9.67 Å². The zero-order valence-corrected chi connectivity index (χ0v) is 11.0. The molecule has 4 heteroatoms. The van der Waals surface area contributed by atoms with Crippen LogP contribution >= 0.6 is 11.6 Å². The lowest BCUT2D eigenvalue weighted by atomic mass is 10.1. The van der Waals surface area contributed by atoms with Crippen LogP contribution in [0.3, 0.4) is 0 Å². The van der Waals surface area contributed by atoms with Gasteiger partial charge in [0.2, 0.25) is 0 Å². The van der Waals surface area contributed by atoms with Crippen molar-refractivity contribution >= 4 is 17.6 Å². The van der Waals surface area contributed by atoms with E-state index in [-0.39, 0.29) is 6.04 Å². The molecule has 0 atom stereocenters. The molecule has 0 fully saturated rings. The number of aromatic nitrogens is 1. The van der Waals surface area contributed by atoms with E-state index < -0.39 is 5.97 Å². The van der Waals surface area contributed by atoms with E-state index in [1.165, 1.54) is 0 Å². The predicted octanol–water partition coefficient (Wildman–Crippen LogP) is 4.09. The van der Waals surface area contributed by atoms with Crippen LogP contribution in [0.25, 0.3) is 11.1 Å². The Morgan fingerprint density at radius 1 is 1.22 bits per heavy atom. The molecular formula is C14H14ClNO2. The number of hydrogen-bond donors (Lipinski definition) is 1. The third-order valence-electron chi connectivity index (χ3n) is 2.80. The van der Waals surface area contributed by atoms with Gasteiger partial charge in [-0.05, 0) is 37.6 Å². The summed E-state index contributed by atoms with van der Waals surface area (Å²) >= 11 is 5.84. The van der Waals surface area contributed by atoms with Gasteiger partial charge in [0, 0.05) is 22.8 Å². The molecule has 1 N–H and O–H groups in total. The van der Waals surface area contributed by atoms with Gasteiger partial charge in [0.25, 0.3) is 0 Å². The van der Waals surface area contributed by atoms with Gasteiger partial charge in [-0.1, -0.05) is 23.7 Å². The van der Waals surface area contributed by atoms with Gasteiger partial charge in [-0.25, -0.2) is 4.79 Å². The maximum atomic E-state index is 11.2. The number of halogens is 1. The Bertz CT molecular complexity index is 570. The smallest absolute Gasteiger partial charge is 0.352 e. The predicted molar refractivity (Wildman–Crippen MR) is 72.2 cm³/mol. The molecule has 1 aromatic carbocycles. The number of carboxylic acid groups (broad SMARTS) is 1. The average molecular weight is 264 g/mol. The lowest BCUT2D eigenvalue weighted by Gasteiger charge is -2.09. The van der Waals surface area contributed by atoms with Crippen molar-refractivity contribution in [2.45, 2.75) is 19.9 Å². The largest absolute Gasteiger partial charge is 0.477 e. The lowest BCUT2D eigenvalue weighted by Crippen LogP contribution is -2.09. The van der Waals surface area contributed by atoms with Crippen LogP contribution in [0.2, 0.25) is 5.02 Å². The minimum Gasteiger partial charge on any atom is -0.477 e. The summed E-state index contributed by atoms with van der Waals surface area (Å²) in [6.07, 6.45) is 1.86. The Balaban J connectivity index is 2.49. The standard InChI is InChI=1S/C14H14ClNO2/c1-9(2)16-8-11(7-13(16)14(17)18)10-3-5-12(15)6-4-10/h3-9H,1-2H3,(H,17,18). The van der Waals surface area contributed by atoms with Crippen molar-refractivity contribution in [2.75, 3.05) is 0 Å². The Labute approximate surface area is 111 Å². The molecule has 0 unspecified atom stereocenters. The van der Waals surface area contributed by atoms with E-state index in [0.717, 1.165) is 11.1 Å². The van der Waals surface area contributed by atoms with Gasteiger partial charge in [-0.15, -0.1) is 0 Å². The lowest BCUT2D eigenvalue weighted by molar-refractivity contribution is 0.0683. The first-order chi connectivity index (χ1) is 8.49. The van der Waals surface area contributed by atoms with Gasteiger partial charge in [-0.3, -0.25) is 0 Å². The van der Waals surface area contributed by atoms with Crippen molar-refractivity contribution in [3.63, 3.8) is 0 Å². The molecule has 2 rings (SSSR count). The van der Waals surface area contributed by atoms with E-state index in [4.69, 9.17) is 11.6 Å². The summed E-state index contributed by atoms with van der Waals surface area (Å²) in [7, 11) is 0. The fourth-order valence-electron chi connectivity index (χ4n) is 1.88. The fourth-order valence-corrected chi connectivity index (χ4v) is 2.00. The van der Waals surface area contributed by atoms with Crippen LogP contribution in [0.15, 0.2) is 36.5 Å². The van der Waals surface area contributed by atoms with E-state index in [2.05, 4.69) is 0 Å². The van der Waals surface area contributed by atoms with Gasteiger partial charge >= 0.3 is 5.97 Å². The highest BCUT2D eigenvalue weighted by atomic mass is 35.5. The Morgan fingerprint density at radius 3 is 2.28 bits per heavy atom. The first kappa shape index (κ1) is 12.7.